The van der Waals surface area contributed by atoms with Crippen molar-refractivity contribution < 1.29 is 28.3 Å². The number of hydrogen-bond donors (Lipinski definition) is 1. The number of pyridine rings is 1. The summed E-state index contributed by atoms with van der Waals surface area (Å²) < 4.78 is 20.9. The van der Waals surface area contributed by atoms with Gasteiger partial charge in [0.1, 0.15) is 0 Å². The Kier molecular flexibility index (Phi) is 8.40. The van der Waals surface area contributed by atoms with Crippen molar-refractivity contribution in [3.05, 3.63) is 53.6 Å². The molecule has 3 aromatic rings. The number of benzene rings is 1. The fraction of sp³-hybridized carbons (Fsp3) is 0.400. The molecule has 0 bridgehead atoms. The van der Waals surface area contributed by atoms with Crippen LogP contribution in [0.2, 0.25) is 0 Å². The quantitative estimate of drug-likeness (QED) is 0.423. The number of ether oxygens (including phenoxy) is 3. The molecule has 1 atom stereocenters. The zero-order valence-electron chi connectivity index (χ0n) is 20.7. The van der Waals surface area contributed by atoms with Crippen molar-refractivity contribution in [2.45, 2.75) is 46.6 Å². The summed E-state index contributed by atoms with van der Waals surface area (Å²) in [6.07, 6.45) is 0.413. The molecule has 1 aromatic carbocycles. The van der Waals surface area contributed by atoms with E-state index in [4.69, 9.17) is 18.7 Å². The molecule has 35 heavy (non-hydrogen) atoms. The molecular formula is C25H30N4O6. The van der Waals surface area contributed by atoms with E-state index in [1.807, 2.05) is 38.1 Å². The maximum atomic E-state index is 13.0. The molecule has 186 valence electrons. The molecule has 10 heteroatoms. The average Bonchev–Trinajstić information content (AvgIpc) is 3.33. The smallest absolute Gasteiger partial charge is 0.493 e. The van der Waals surface area contributed by atoms with Crippen LogP contribution in [0.5, 0.6) is 11.5 Å². The van der Waals surface area contributed by atoms with Crippen LogP contribution in [0, 0.1) is 5.92 Å². The van der Waals surface area contributed by atoms with Gasteiger partial charge < -0.3 is 24.1 Å². The van der Waals surface area contributed by atoms with Gasteiger partial charge in [0.25, 0.3) is 11.8 Å². The number of amides is 1. The van der Waals surface area contributed by atoms with Gasteiger partial charge >= 0.3 is 6.16 Å². The summed E-state index contributed by atoms with van der Waals surface area (Å²) >= 11 is 0. The Morgan fingerprint density at radius 1 is 1.06 bits per heavy atom. The summed E-state index contributed by atoms with van der Waals surface area (Å²) in [5, 5.41) is 6.73. The van der Waals surface area contributed by atoms with E-state index in [2.05, 4.69) is 34.3 Å². The van der Waals surface area contributed by atoms with Crippen molar-refractivity contribution in [2.75, 3.05) is 13.7 Å². The minimum absolute atomic E-state index is 0.120. The van der Waals surface area contributed by atoms with Crippen LogP contribution < -0.4 is 14.8 Å². The van der Waals surface area contributed by atoms with Gasteiger partial charge in [0.05, 0.1) is 19.8 Å². The topological polar surface area (TPSA) is 126 Å². The summed E-state index contributed by atoms with van der Waals surface area (Å²) in [4.78, 5) is 33.6. The molecule has 2 heterocycles. The van der Waals surface area contributed by atoms with Crippen LogP contribution in [0.3, 0.4) is 0 Å². The maximum absolute atomic E-state index is 13.0. The summed E-state index contributed by atoms with van der Waals surface area (Å²) in [6, 6.07) is 8.70. The lowest BCUT2D eigenvalue weighted by atomic mass is 10.0. The third-order valence-corrected chi connectivity index (χ3v) is 5.02. The largest absolute Gasteiger partial charge is 0.514 e. The van der Waals surface area contributed by atoms with Crippen molar-refractivity contribution in [3.8, 4) is 23.0 Å². The molecule has 0 aliphatic heterocycles. The zero-order chi connectivity index (χ0) is 25.5. The number of carbonyl (C=O) groups is 2. The summed E-state index contributed by atoms with van der Waals surface area (Å²) in [5.41, 5.74) is 1.83. The Morgan fingerprint density at radius 2 is 1.77 bits per heavy atom. The van der Waals surface area contributed by atoms with Gasteiger partial charge in [0, 0.05) is 17.8 Å². The van der Waals surface area contributed by atoms with E-state index in [-0.39, 0.29) is 35.5 Å². The molecule has 1 amide bonds. The van der Waals surface area contributed by atoms with Gasteiger partial charge in [-0.05, 0) is 36.5 Å². The third-order valence-electron chi connectivity index (χ3n) is 5.02. The van der Waals surface area contributed by atoms with E-state index in [9.17, 15) is 9.59 Å². The number of rotatable bonds is 9. The summed E-state index contributed by atoms with van der Waals surface area (Å²) in [7, 11) is 1.39. The second-order valence-corrected chi connectivity index (χ2v) is 8.68. The van der Waals surface area contributed by atoms with Crippen molar-refractivity contribution in [2.24, 2.45) is 5.92 Å². The first-order valence-corrected chi connectivity index (χ1v) is 11.3. The molecule has 2 aromatic heterocycles. The molecule has 0 radical (unpaired) electrons. The van der Waals surface area contributed by atoms with Gasteiger partial charge in [0.15, 0.2) is 17.3 Å². The van der Waals surface area contributed by atoms with Crippen LogP contribution in [0.15, 0.2) is 41.1 Å². The first-order valence-electron chi connectivity index (χ1n) is 11.3. The monoisotopic (exact) mass is 482 g/mol. The molecule has 0 spiro atoms. The zero-order valence-corrected chi connectivity index (χ0v) is 20.7. The van der Waals surface area contributed by atoms with Crippen molar-refractivity contribution in [1.29, 1.82) is 0 Å². The van der Waals surface area contributed by atoms with Crippen molar-refractivity contribution in [1.82, 2.24) is 20.4 Å². The molecule has 0 saturated heterocycles. The molecule has 0 unspecified atom stereocenters. The number of nitrogens with one attached hydrogen (secondary N) is 1. The Morgan fingerprint density at radius 3 is 2.40 bits per heavy atom. The van der Waals surface area contributed by atoms with E-state index in [0.717, 1.165) is 5.56 Å². The fourth-order valence-electron chi connectivity index (χ4n) is 3.07. The van der Waals surface area contributed by atoms with Crippen molar-refractivity contribution >= 4 is 12.1 Å². The lowest BCUT2D eigenvalue weighted by Crippen LogP contribution is -2.29. The van der Waals surface area contributed by atoms with Crippen LogP contribution in [-0.2, 0) is 4.74 Å². The second-order valence-electron chi connectivity index (χ2n) is 8.68. The Bertz CT molecular complexity index is 1160. The van der Waals surface area contributed by atoms with Gasteiger partial charge in [0.2, 0.25) is 5.75 Å². The van der Waals surface area contributed by atoms with Crippen LogP contribution in [-0.4, -0.2) is 40.9 Å². The number of aromatic nitrogens is 3. The number of hydrogen-bond acceptors (Lipinski definition) is 9. The van der Waals surface area contributed by atoms with E-state index in [1.165, 1.54) is 24.9 Å². The maximum Gasteiger partial charge on any atom is 0.514 e. The highest BCUT2D eigenvalue weighted by molar-refractivity contribution is 5.96. The molecule has 0 fully saturated rings. The van der Waals surface area contributed by atoms with E-state index in [0.29, 0.717) is 11.8 Å². The molecule has 1 N–H and O–H groups in total. The van der Waals surface area contributed by atoms with Gasteiger partial charge in [-0.2, -0.15) is 4.98 Å². The van der Waals surface area contributed by atoms with Crippen LogP contribution in [0.4, 0.5) is 4.79 Å². The van der Waals surface area contributed by atoms with E-state index in [1.54, 1.807) is 6.92 Å². The van der Waals surface area contributed by atoms with Gasteiger partial charge in [-0.15, -0.1) is 0 Å². The summed E-state index contributed by atoms with van der Waals surface area (Å²) in [5.74, 6) is 0.550. The van der Waals surface area contributed by atoms with Gasteiger partial charge in [-0.25, -0.2) is 9.78 Å². The minimum Gasteiger partial charge on any atom is -0.493 e. The normalized spacial score (nSPS) is 11.9. The van der Waals surface area contributed by atoms with Gasteiger partial charge in [-0.3, -0.25) is 4.79 Å². The van der Waals surface area contributed by atoms with Gasteiger partial charge in [-0.1, -0.05) is 45.0 Å². The highest BCUT2D eigenvalue weighted by Crippen LogP contribution is 2.30. The van der Waals surface area contributed by atoms with Crippen molar-refractivity contribution in [3.63, 3.8) is 0 Å². The second kappa shape index (κ2) is 11.5. The highest BCUT2D eigenvalue weighted by atomic mass is 16.7. The predicted octanol–water partition coefficient (Wildman–Crippen LogP) is 4.93. The molecule has 3 rings (SSSR count). The minimum atomic E-state index is -0.960. The Hall–Kier alpha value is -3.95. The summed E-state index contributed by atoms with van der Waals surface area (Å²) in [6.45, 7) is 9.88. The average molecular weight is 483 g/mol. The van der Waals surface area contributed by atoms with Crippen LogP contribution in [0.1, 0.15) is 68.5 Å². The molecule has 10 nitrogen and oxygen atoms in total. The number of methoxy groups -OCH3 is 1. The molecule has 0 aliphatic carbocycles. The van der Waals surface area contributed by atoms with E-state index >= 15 is 0 Å². The highest BCUT2D eigenvalue weighted by Gasteiger charge is 2.25. The standard InChI is InChI=1S/C25H30N4O6/c1-14(2)13-33-25(31)34-21-19(32-6)11-12-26-20(21)23(30)27-16(5)22-28-24(35-29-22)18-9-7-17(8-10-18)15(3)4/h7-12,14-16H,13H2,1-6H3,(H,27,30)/t16-/m0/s1. The molecular weight excluding hydrogens is 452 g/mol. The third kappa shape index (κ3) is 6.56. The van der Waals surface area contributed by atoms with Crippen LogP contribution in [0.25, 0.3) is 11.5 Å². The Labute approximate surface area is 204 Å². The number of nitrogens with zero attached hydrogens (tertiary/aromatic N) is 3. The first-order chi connectivity index (χ1) is 16.7. The first kappa shape index (κ1) is 25.7. The fourth-order valence-corrected chi connectivity index (χ4v) is 3.07. The van der Waals surface area contributed by atoms with E-state index < -0.39 is 18.1 Å². The lowest BCUT2D eigenvalue weighted by Gasteiger charge is -2.15. The lowest BCUT2D eigenvalue weighted by molar-refractivity contribution is 0.0852. The Balaban J connectivity index is 1.74. The molecule has 0 saturated carbocycles. The van der Waals surface area contributed by atoms with Crippen LogP contribution >= 0.6 is 0 Å². The number of carbonyl (C=O) groups excluding carboxylic acids is 2. The SMILES string of the molecule is COc1ccnc(C(=O)N[C@@H](C)c2noc(-c3ccc(C(C)C)cc3)n2)c1OC(=O)OCC(C)C. The molecule has 0 aliphatic rings. The predicted molar refractivity (Wildman–Crippen MR) is 127 cm³/mol.